The van der Waals surface area contributed by atoms with Crippen molar-refractivity contribution in [3.05, 3.63) is 33.8 Å². The molecule has 3 N–H and O–H groups in total. The van der Waals surface area contributed by atoms with Gasteiger partial charge in [-0.2, -0.15) is 0 Å². The van der Waals surface area contributed by atoms with Crippen molar-refractivity contribution in [3.63, 3.8) is 0 Å². The van der Waals surface area contributed by atoms with Crippen molar-refractivity contribution in [1.82, 2.24) is 5.43 Å². The molecule has 0 saturated heterocycles. The molecule has 1 aromatic rings. The molecule has 18 heavy (non-hydrogen) atoms. The zero-order valence-corrected chi connectivity index (χ0v) is 11.7. The van der Waals surface area contributed by atoms with Gasteiger partial charge in [-0.25, -0.2) is 0 Å². The Labute approximate surface area is 118 Å². The fraction of sp³-hybridized carbons (Fsp3) is 0.571. The maximum Gasteiger partial charge on any atom is 0.0506 e. The van der Waals surface area contributed by atoms with E-state index in [4.69, 9.17) is 29.0 Å². The summed E-state index contributed by atoms with van der Waals surface area (Å²) in [5, 5.41) is 1.47. The number of nitrogens with two attached hydrogens (primary N) is 1. The van der Waals surface area contributed by atoms with Crippen molar-refractivity contribution in [3.8, 4) is 0 Å². The molecule has 2 nitrogen and oxygen atoms in total. The van der Waals surface area contributed by atoms with Crippen LogP contribution in [0.5, 0.6) is 0 Å². The number of fused-ring (bicyclic) bond motifs is 2. The molecule has 1 aromatic carbocycles. The van der Waals surface area contributed by atoms with E-state index in [0.29, 0.717) is 5.92 Å². The summed E-state index contributed by atoms with van der Waals surface area (Å²) in [5.41, 5.74) is 4.02. The fourth-order valence-corrected chi connectivity index (χ4v) is 4.31. The predicted molar refractivity (Wildman–Crippen MR) is 75.5 cm³/mol. The number of benzene rings is 1. The topological polar surface area (TPSA) is 38.0 Å². The lowest BCUT2D eigenvalue weighted by atomic mass is 9.81. The number of hydrazine groups is 1. The van der Waals surface area contributed by atoms with Crippen LogP contribution in [0.1, 0.15) is 37.3 Å². The van der Waals surface area contributed by atoms with E-state index >= 15 is 0 Å². The van der Waals surface area contributed by atoms with Crippen LogP contribution in [0.4, 0.5) is 0 Å². The third kappa shape index (κ3) is 2.16. The molecular formula is C14H18Cl2N2. The lowest BCUT2D eigenvalue weighted by molar-refractivity contribution is 0.252. The summed E-state index contributed by atoms with van der Waals surface area (Å²) in [6.07, 6.45) is 5.36. The van der Waals surface area contributed by atoms with Crippen LogP contribution in [0.3, 0.4) is 0 Å². The Kier molecular flexibility index (Phi) is 3.55. The van der Waals surface area contributed by atoms with Gasteiger partial charge in [0.05, 0.1) is 6.04 Å². The maximum absolute atomic E-state index is 6.30. The molecule has 3 rings (SSSR count). The molecule has 2 saturated carbocycles. The van der Waals surface area contributed by atoms with E-state index in [9.17, 15) is 0 Å². The number of nitrogens with one attached hydrogen (secondary N) is 1. The molecule has 0 amide bonds. The van der Waals surface area contributed by atoms with Crippen molar-refractivity contribution in [2.24, 2.45) is 23.6 Å². The van der Waals surface area contributed by atoms with E-state index in [0.717, 1.165) is 27.4 Å². The monoisotopic (exact) mass is 284 g/mol. The predicted octanol–water partition coefficient (Wildman–Crippen LogP) is 3.93. The SMILES string of the molecule is NNC(c1cc(Cl)ccc1Cl)C1CC2CCC1C2. The first-order valence-corrected chi connectivity index (χ1v) is 7.35. The minimum atomic E-state index is 0.131. The molecule has 4 heteroatoms. The largest absolute Gasteiger partial charge is 0.271 e. The Hall–Kier alpha value is -0.280. The third-order valence-electron chi connectivity index (χ3n) is 4.69. The Bertz CT molecular complexity index is 449. The Morgan fingerprint density at radius 3 is 2.67 bits per heavy atom. The molecule has 0 heterocycles. The summed E-state index contributed by atoms with van der Waals surface area (Å²) in [4.78, 5) is 0. The van der Waals surface area contributed by atoms with Gasteiger partial charge in [0, 0.05) is 10.0 Å². The van der Waals surface area contributed by atoms with Gasteiger partial charge in [-0.15, -0.1) is 0 Å². The summed E-state index contributed by atoms with van der Waals surface area (Å²) in [7, 11) is 0. The molecule has 2 aliphatic rings. The summed E-state index contributed by atoms with van der Waals surface area (Å²) < 4.78 is 0. The lowest BCUT2D eigenvalue weighted by Gasteiger charge is -2.31. The molecular weight excluding hydrogens is 267 g/mol. The Balaban J connectivity index is 1.90. The minimum Gasteiger partial charge on any atom is -0.271 e. The van der Waals surface area contributed by atoms with Crippen LogP contribution in [-0.2, 0) is 0 Å². The van der Waals surface area contributed by atoms with Crippen LogP contribution < -0.4 is 11.3 Å². The Morgan fingerprint density at radius 2 is 2.06 bits per heavy atom. The van der Waals surface area contributed by atoms with Crippen LogP contribution >= 0.6 is 23.2 Å². The second-order valence-corrected chi connectivity index (χ2v) is 6.49. The molecule has 2 fully saturated rings. The van der Waals surface area contributed by atoms with Gasteiger partial charge in [0.25, 0.3) is 0 Å². The molecule has 2 aliphatic carbocycles. The molecule has 98 valence electrons. The summed E-state index contributed by atoms with van der Waals surface area (Å²) in [6.45, 7) is 0. The van der Waals surface area contributed by atoms with Crippen molar-refractivity contribution < 1.29 is 0 Å². The average Bonchev–Trinajstić information content (AvgIpc) is 2.97. The highest BCUT2D eigenvalue weighted by atomic mass is 35.5. The number of hydrogen-bond donors (Lipinski definition) is 2. The summed E-state index contributed by atoms with van der Waals surface area (Å²) in [5.74, 6) is 8.08. The summed E-state index contributed by atoms with van der Waals surface area (Å²) in [6, 6.07) is 5.75. The normalized spacial score (nSPS) is 31.8. The van der Waals surface area contributed by atoms with Crippen LogP contribution in [0.2, 0.25) is 10.0 Å². The van der Waals surface area contributed by atoms with Gasteiger partial charge in [-0.05, 0) is 60.8 Å². The summed E-state index contributed by atoms with van der Waals surface area (Å²) >= 11 is 12.4. The first-order chi connectivity index (χ1) is 8.69. The highest BCUT2D eigenvalue weighted by Crippen LogP contribution is 2.53. The molecule has 0 aliphatic heterocycles. The van der Waals surface area contributed by atoms with Gasteiger partial charge in [0.2, 0.25) is 0 Å². The van der Waals surface area contributed by atoms with E-state index in [-0.39, 0.29) is 6.04 Å². The van der Waals surface area contributed by atoms with E-state index in [1.165, 1.54) is 25.7 Å². The number of halogens is 2. The van der Waals surface area contributed by atoms with Crippen molar-refractivity contribution in [1.29, 1.82) is 0 Å². The van der Waals surface area contributed by atoms with Gasteiger partial charge in [0.1, 0.15) is 0 Å². The number of rotatable bonds is 3. The second kappa shape index (κ2) is 5.01. The molecule has 4 atom stereocenters. The molecule has 0 radical (unpaired) electrons. The van der Waals surface area contributed by atoms with Crippen LogP contribution in [0.15, 0.2) is 18.2 Å². The van der Waals surface area contributed by atoms with Gasteiger partial charge in [-0.1, -0.05) is 29.6 Å². The maximum atomic E-state index is 6.30. The minimum absolute atomic E-state index is 0.131. The average molecular weight is 285 g/mol. The highest BCUT2D eigenvalue weighted by molar-refractivity contribution is 6.33. The van der Waals surface area contributed by atoms with Crippen LogP contribution in [0, 0.1) is 17.8 Å². The molecule has 0 spiro atoms. The van der Waals surface area contributed by atoms with Crippen molar-refractivity contribution in [2.45, 2.75) is 31.7 Å². The highest BCUT2D eigenvalue weighted by Gasteiger charge is 2.43. The molecule has 2 bridgehead atoms. The van der Waals surface area contributed by atoms with E-state index in [1.807, 2.05) is 18.2 Å². The molecule has 0 aromatic heterocycles. The van der Waals surface area contributed by atoms with Crippen LogP contribution in [0.25, 0.3) is 0 Å². The van der Waals surface area contributed by atoms with Gasteiger partial charge in [0.15, 0.2) is 0 Å². The zero-order chi connectivity index (χ0) is 12.7. The van der Waals surface area contributed by atoms with E-state index in [1.54, 1.807) is 0 Å². The van der Waals surface area contributed by atoms with E-state index < -0.39 is 0 Å². The molecule has 4 unspecified atom stereocenters. The first-order valence-electron chi connectivity index (χ1n) is 6.60. The standard InChI is InChI=1S/C14H18Cl2N2/c15-10-3-4-13(16)12(7-10)14(18-17)11-6-8-1-2-9(11)5-8/h3-4,7-9,11,14,18H,1-2,5-6,17H2. The first kappa shape index (κ1) is 12.7. The fourth-order valence-electron chi connectivity index (χ4n) is 3.90. The zero-order valence-electron chi connectivity index (χ0n) is 10.2. The van der Waals surface area contributed by atoms with Crippen molar-refractivity contribution >= 4 is 23.2 Å². The quantitative estimate of drug-likeness (QED) is 0.652. The smallest absolute Gasteiger partial charge is 0.0506 e. The van der Waals surface area contributed by atoms with Gasteiger partial charge < -0.3 is 0 Å². The lowest BCUT2D eigenvalue weighted by Crippen LogP contribution is -2.36. The van der Waals surface area contributed by atoms with Gasteiger partial charge in [-0.3, -0.25) is 11.3 Å². The van der Waals surface area contributed by atoms with Crippen molar-refractivity contribution in [2.75, 3.05) is 0 Å². The third-order valence-corrected chi connectivity index (χ3v) is 5.27. The van der Waals surface area contributed by atoms with E-state index in [2.05, 4.69) is 5.43 Å². The number of hydrogen-bond acceptors (Lipinski definition) is 2. The second-order valence-electron chi connectivity index (χ2n) is 5.65. The van der Waals surface area contributed by atoms with Crippen LogP contribution in [-0.4, -0.2) is 0 Å². The Morgan fingerprint density at radius 1 is 1.22 bits per heavy atom. The van der Waals surface area contributed by atoms with Gasteiger partial charge >= 0.3 is 0 Å².